The van der Waals surface area contributed by atoms with Crippen molar-refractivity contribution in [3.63, 3.8) is 0 Å². The fourth-order valence-corrected chi connectivity index (χ4v) is 1.77. The first-order valence-corrected chi connectivity index (χ1v) is 6.20. The normalized spacial score (nSPS) is 10.8. The van der Waals surface area contributed by atoms with Crippen LogP contribution in [0.4, 0.5) is 5.88 Å². The van der Waals surface area contributed by atoms with Gasteiger partial charge >= 0.3 is 5.88 Å². The number of nitrogens with zero attached hydrogens (tertiary/aromatic N) is 1. The molecule has 0 aliphatic rings. The molecule has 5 nitrogen and oxygen atoms in total. The van der Waals surface area contributed by atoms with Crippen molar-refractivity contribution in [1.82, 2.24) is 0 Å². The fraction of sp³-hybridized carbons (Fsp3) is 0.0769. The molecule has 19 heavy (non-hydrogen) atoms. The molecule has 0 atom stereocenters. The fourth-order valence-electron chi connectivity index (χ4n) is 1.30. The van der Waals surface area contributed by atoms with E-state index < -0.39 is 4.92 Å². The average Bonchev–Trinajstić information content (AvgIpc) is 2.86. The molecule has 0 fully saturated rings. The van der Waals surface area contributed by atoms with Crippen LogP contribution < -0.4 is 0 Å². The van der Waals surface area contributed by atoms with E-state index in [1.165, 1.54) is 42.1 Å². The Morgan fingerprint density at radius 2 is 2.00 bits per heavy atom. The largest absolute Gasteiger partial charge is 0.433 e. The zero-order chi connectivity index (χ0) is 13.7. The van der Waals surface area contributed by atoms with Crippen LogP contribution in [0.3, 0.4) is 0 Å². The van der Waals surface area contributed by atoms with E-state index in [0.29, 0.717) is 5.76 Å². The maximum absolute atomic E-state index is 10.4. The summed E-state index contributed by atoms with van der Waals surface area (Å²) in [5.74, 6) is 0.0852. The number of furan rings is 1. The molecule has 0 radical (unpaired) electrons. The summed E-state index contributed by atoms with van der Waals surface area (Å²) in [5, 5.41) is 10.4. The lowest BCUT2D eigenvalue weighted by Crippen LogP contribution is -1.82. The zero-order valence-corrected chi connectivity index (χ0v) is 10.9. The highest BCUT2D eigenvalue weighted by Crippen LogP contribution is 2.21. The highest BCUT2D eigenvalue weighted by molar-refractivity contribution is 7.94. The molecule has 0 aliphatic carbocycles. The first-order chi connectivity index (χ1) is 9.15. The lowest BCUT2D eigenvalue weighted by molar-refractivity contribution is -0.402. The molecular formula is C13H11NO4S. The quantitative estimate of drug-likeness (QED) is 0.355. The summed E-state index contributed by atoms with van der Waals surface area (Å²) in [5.41, 5.74) is 1.18. The van der Waals surface area contributed by atoms with Crippen molar-refractivity contribution in [2.75, 3.05) is 0 Å². The number of nitro groups is 1. The molecule has 6 heteroatoms. The highest BCUT2D eigenvalue weighted by atomic mass is 32.2. The van der Waals surface area contributed by atoms with E-state index in [4.69, 9.17) is 8.60 Å². The Hall–Kier alpha value is -2.21. The van der Waals surface area contributed by atoms with Gasteiger partial charge in [-0.1, -0.05) is 17.7 Å². The second-order valence-corrected chi connectivity index (χ2v) is 4.56. The van der Waals surface area contributed by atoms with Gasteiger partial charge in [0.05, 0.1) is 18.1 Å². The lowest BCUT2D eigenvalue weighted by atomic mass is 10.2. The third-order valence-electron chi connectivity index (χ3n) is 2.25. The number of benzene rings is 1. The summed E-state index contributed by atoms with van der Waals surface area (Å²) < 4.78 is 10.2. The summed E-state index contributed by atoms with van der Waals surface area (Å²) in [7, 11) is 0. The number of rotatable bonds is 5. The second kappa shape index (κ2) is 6.10. The van der Waals surface area contributed by atoms with Gasteiger partial charge in [0.25, 0.3) is 0 Å². The topological polar surface area (TPSA) is 65.5 Å². The monoisotopic (exact) mass is 277 g/mol. The van der Waals surface area contributed by atoms with E-state index in [2.05, 4.69) is 0 Å². The second-order valence-electron chi connectivity index (χ2n) is 3.73. The first kappa shape index (κ1) is 13.2. The summed E-state index contributed by atoms with van der Waals surface area (Å²) in [6.45, 7) is 2.01. The molecule has 0 saturated carbocycles. The van der Waals surface area contributed by atoms with Crippen LogP contribution in [0.15, 0.2) is 52.0 Å². The average molecular weight is 277 g/mol. The molecule has 2 rings (SSSR count). The summed E-state index contributed by atoms with van der Waals surface area (Å²) in [4.78, 5) is 10.8. The third-order valence-corrected chi connectivity index (χ3v) is 2.92. The zero-order valence-electron chi connectivity index (χ0n) is 10.1. The third kappa shape index (κ3) is 3.89. The number of hydrogen-bond acceptors (Lipinski definition) is 5. The highest BCUT2D eigenvalue weighted by Gasteiger charge is 2.09. The first-order valence-electron chi connectivity index (χ1n) is 5.46. The Morgan fingerprint density at radius 1 is 1.26 bits per heavy atom. The van der Waals surface area contributed by atoms with Gasteiger partial charge in [0.2, 0.25) is 0 Å². The maximum Gasteiger partial charge on any atom is 0.433 e. The molecule has 1 aromatic carbocycles. The molecule has 0 saturated heterocycles. The molecule has 98 valence electrons. The van der Waals surface area contributed by atoms with Crippen molar-refractivity contribution < 1.29 is 13.5 Å². The van der Waals surface area contributed by atoms with Crippen LogP contribution in [0.1, 0.15) is 11.3 Å². The Labute approximate surface area is 114 Å². The Bertz CT molecular complexity index is 589. The number of aryl methyl sites for hydroxylation is 1. The van der Waals surface area contributed by atoms with Gasteiger partial charge in [-0.05, 0) is 25.1 Å². The summed E-state index contributed by atoms with van der Waals surface area (Å²) in [6, 6.07) is 10.7. The van der Waals surface area contributed by atoms with Gasteiger partial charge in [-0.2, -0.15) is 0 Å². The summed E-state index contributed by atoms with van der Waals surface area (Å²) in [6.07, 6.45) is 2.95. The van der Waals surface area contributed by atoms with Crippen molar-refractivity contribution in [3.8, 4) is 0 Å². The summed E-state index contributed by atoms with van der Waals surface area (Å²) >= 11 is 1.20. The van der Waals surface area contributed by atoms with Gasteiger partial charge in [-0.25, -0.2) is 0 Å². The SMILES string of the molecule is Cc1ccc(SO/C=C/c2ccc([N+](=O)[O-])o2)cc1. The minimum absolute atomic E-state index is 0.286. The van der Waals surface area contributed by atoms with E-state index in [1.54, 1.807) is 0 Å². The molecule has 0 spiro atoms. The van der Waals surface area contributed by atoms with Gasteiger partial charge in [0.15, 0.2) is 0 Å². The van der Waals surface area contributed by atoms with E-state index in [-0.39, 0.29) is 5.88 Å². The molecule has 0 aliphatic heterocycles. The standard InChI is InChI=1S/C13H11NO4S/c1-10-2-5-12(6-3-10)19-17-9-8-11-4-7-13(18-11)14(15)16/h2-9H,1H3/b9-8+. The van der Waals surface area contributed by atoms with Gasteiger partial charge in [-0.15, -0.1) is 0 Å². The van der Waals surface area contributed by atoms with Crippen LogP contribution in [0.2, 0.25) is 0 Å². The molecule has 0 bridgehead atoms. The van der Waals surface area contributed by atoms with Crippen molar-refractivity contribution in [1.29, 1.82) is 0 Å². The molecular weight excluding hydrogens is 266 g/mol. The van der Waals surface area contributed by atoms with Gasteiger partial charge in [-0.3, -0.25) is 10.1 Å². The lowest BCUT2D eigenvalue weighted by Gasteiger charge is -1.98. The Kier molecular flexibility index (Phi) is 4.25. The van der Waals surface area contributed by atoms with Gasteiger partial charge < -0.3 is 8.60 Å². The van der Waals surface area contributed by atoms with Gasteiger partial charge in [0, 0.05) is 11.0 Å². The van der Waals surface area contributed by atoms with Crippen LogP contribution in [0.25, 0.3) is 6.08 Å². The maximum atomic E-state index is 10.4. The van der Waals surface area contributed by atoms with Crippen LogP contribution in [0.5, 0.6) is 0 Å². The van der Waals surface area contributed by atoms with Crippen LogP contribution in [-0.4, -0.2) is 4.92 Å². The Morgan fingerprint density at radius 3 is 2.63 bits per heavy atom. The van der Waals surface area contributed by atoms with E-state index in [1.807, 2.05) is 31.2 Å². The molecule has 0 amide bonds. The predicted octanol–water partition coefficient (Wildman–Crippen LogP) is 4.19. The Balaban J connectivity index is 1.86. The molecule has 0 N–H and O–H groups in total. The van der Waals surface area contributed by atoms with Crippen LogP contribution in [-0.2, 0) is 4.18 Å². The van der Waals surface area contributed by atoms with E-state index in [9.17, 15) is 10.1 Å². The van der Waals surface area contributed by atoms with Crippen LogP contribution >= 0.6 is 12.0 Å². The van der Waals surface area contributed by atoms with Crippen molar-refractivity contribution in [2.24, 2.45) is 0 Å². The predicted molar refractivity (Wildman–Crippen MR) is 72.5 cm³/mol. The molecule has 2 aromatic rings. The molecule has 1 aromatic heterocycles. The van der Waals surface area contributed by atoms with Crippen molar-refractivity contribution >= 4 is 24.0 Å². The van der Waals surface area contributed by atoms with Crippen molar-refractivity contribution in [3.05, 3.63) is 64.1 Å². The van der Waals surface area contributed by atoms with E-state index in [0.717, 1.165) is 4.90 Å². The number of hydrogen-bond donors (Lipinski definition) is 0. The van der Waals surface area contributed by atoms with E-state index >= 15 is 0 Å². The van der Waals surface area contributed by atoms with Crippen LogP contribution in [0, 0.1) is 17.0 Å². The smallest absolute Gasteiger partial charge is 0.428 e. The van der Waals surface area contributed by atoms with Crippen molar-refractivity contribution in [2.45, 2.75) is 11.8 Å². The minimum atomic E-state index is -0.584. The molecule has 0 unspecified atom stereocenters. The van der Waals surface area contributed by atoms with Gasteiger partial charge in [0.1, 0.15) is 16.9 Å². The minimum Gasteiger partial charge on any atom is -0.428 e. The molecule has 1 heterocycles.